The molecule has 0 aliphatic heterocycles. The van der Waals surface area contributed by atoms with Gasteiger partial charge in [0.2, 0.25) is 10.0 Å². The van der Waals surface area contributed by atoms with Crippen LogP contribution in [0.1, 0.15) is 22.5 Å². The molecule has 2 heterocycles. The first-order valence-electron chi connectivity index (χ1n) is 8.13. The maximum atomic E-state index is 12.3. The average molecular weight is 425 g/mol. The summed E-state index contributed by atoms with van der Waals surface area (Å²) in [6, 6.07) is 10.4. The molecule has 0 bridgehead atoms. The molecule has 0 saturated heterocycles. The van der Waals surface area contributed by atoms with Gasteiger partial charge in [0, 0.05) is 18.4 Å². The van der Waals surface area contributed by atoms with Crippen molar-refractivity contribution in [3.05, 3.63) is 75.2 Å². The Hall–Kier alpha value is -1.93. The Kier molecular flexibility index (Phi) is 5.86. The number of halogens is 2. The number of nitrogens with one attached hydrogen (secondary N) is 1. The van der Waals surface area contributed by atoms with Crippen LogP contribution in [0.2, 0.25) is 10.0 Å². The number of rotatable bonds is 6. The minimum atomic E-state index is -3.53. The number of nitrogens with zero attached hydrogens (tertiary/aromatic N) is 3. The largest absolute Gasteiger partial charge is 0.237 e. The molecule has 27 heavy (non-hydrogen) atoms. The van der Waals surface area contributed by atoms with E-state index in [4.69, 9.17) is 23.2 Å². The summed E-state index contributed by atoms with van der Waals surface area (Å²) in [5.41, 5.74) is 3.21. The van der Waals surface area contributed by atoms with Crippen LogP contribution in [0.15, 0.2) is 42.6 Å². The third kappa shape index (κ3) is 5.07. The Balaban J connectivity index is 1.65. The van der Waals surface area contributed by atoms with Gasteiger partial charge in [0.15, 0.2) is 5.82 Å². The second kappa shape index (κ2) is 7.98. The highest BCUT2D eigenvalue weighted by Crippen LogP contribution is 2.23. The van der Waals surface area contributed by atoms with E-state index < -0.39 is 10.0 Å². The highest BCUT2D eigenvalue weighted by Gasteiger charge is 2.13. The third-order valence-corrected chi connectivity index (χ3v) is 5.91. The number of hydrogen-bond donors (Lipinski definition) is 1. The van der Waals surface area contributed by atoms with Gasteiger partial charge in [-0.2, -0.15) is 5.10 Å². The molecule has 0 atom stereocenters. The average Bonchev–Trinajstić information content (AvgIpc) is 2.95. The summed E-state index contributed by atoms with van der Waals surface area (Å²) in [6.07, 6.45) is 1.63. The van der Waals surface area contributed by atoms with Crippen LogP contribution >= 0.6 is 23.2 Å². The summed E-state index contributed by atoms with van der Waals surface area (Å²) < 4.78 is 28.9. The van der Waals surface area contributed by atoms with Crippen molar-refractivity contribution in [2.24, 2.45) is 0 Å². The first kappa shape index (κ1) is 19.8. The van der Waals surface area contributed by atoms with Crippen molar-refractivity contribution in [1.82, 2.24) is 19.5 Å². The lowest BCUT2D eigenvalue weighted by Crippen LogP contribution is -2.24. The zero-order chi connectivity index (χ0) is 19.6. The van der Waals surface area contributed by atoms with Crippen molar-refractivity contribution in [2.45, 2.75) is 26.1 Å². The Morgan fingerprint density at radius 2 is 1.78 bits per heavy atom. The minimum Gasteiger partial charge on any atom is -0.237 e. The van der Waals surface area contributed by atoms with Gasteiger partial charge in [0.1, 0.15) is 0 Å². The first-order chi connectivity index (χ1) is 12.7. The van der Waals surface area contributed by atoms with Gasteiger partial charge < -0.3 is 0 Å². The van der Waals surface area contributed by atoms with Crippen LogP contribution in [0.3, 0.4) is 0 Å². The molecule has 9 heteroatoms. The van der Waals surface area contributed by atoms with E-state index in [2.05, 4.69) is 14.8 Å². The van der Waals surface area contributed by atoms with Crippen LogP contribution in [0.4, 0.5) is 0 Å². The van der Waals surface area contributed by atoms with Crippen LogP contribution in [0.5, 0.6) is 0 Å². The third-order valence-electron chi connectivity index (χ3n) is 3.87. The SMILES string of the molecule is Cc1cc(C)n(-c2ccc(CNS(=O)(=O)Cc3ccc(Cl)c(Cl)c3)cn2)n1. The first-order valence-corrected chi connectivity index (χ1v) is 10.5. The molecule has 0 amide bonds. The van der Waals surface area contributed by atoms with Gasteiger partial charge in [-0.1, -0.05) is 35.3 Å². The molecule has 3 rings (SSSR count). The summed E-state index contributed by atoms with van der Waals surface area (Å²) in [6.45, 7) is 4.02. The molecule has 142 valence electrons. The van der Waals surface area contributed by atoms with Crippen molar-refractivity contribution in [3.8, 4) is 5.82 Å². The molecule has 6 nitrogen and oxygen atoms in total. The smallest absolute Gasteiger partial charge is 0.216 e. The molecule has 0 spiro atoms. The Morgan fingerprint density at radius 3 is 2.37 bits per heavy atom. The van der Waals surface area contributed by atoms with Gasteiger partial charge in [-0.25, -0.2) is 22.8 Å². The maximum Gasteiger partial charge on any atom is 0.216 e. The van der Waals surface area contributed by atoms with Crippen LogP contribution < -0.4 is 4.72 Å². The molecule has 1 aromatic carbocycles. The Morgan fingerprint density at radius 1 is 1.04 bits per heavy atom. The molecule has 1 N–H and O–H groups in total. The van der Waals surface area contributed by atoms with Crippen LogP contribution in [0.25, 0.3) is 5.82 Å². The van der Waals surface area contributed by atoms with Crippen LogP contribution in [0, 0.1) is 13.8 Å². The predicted octanol–water partition coefficient (Wildman–Crippen LogP) is 3.81. The van der Waals surface area contributed by atoms with Crippen molar-refractivity contribution >= 4 is 33.2 Å². The summed E-state index contributed by atoms with van der Waals surface area (Å²) in [5, 5.41) is 5.09. The monoisotopic (exact) mass is 424 g/mol. The molecule has 0 radical (unpaired) electrons. The highest BCUT2D eigenvalue weighted by atomic mass is 35.5. The fourth-order valence-corrected chi connectivity index (χ4v) is 4.03. The molecule has 3 aromatic rings. The van der Waals surface area contributed by atoms with E-state index in [1.807, 2.05) is 32.0 Å². The van der Waals surface area contributed by atoms with E-state index in [0.29, 0.717) is 21.4 Å². The van der Waals surface area contributed by atoms with Crippen LogP contribution in [-0.2, 0) is 22.3 Å². The Labute approximate surface area is 168 Å². The maximum absolute atomic E-state index is 12.3. The topological polar surface area (TPSA) is 76.9 Å². The molecule has 0 aliphatic carbocycles. The molecule has 0 fully saturated rings. The molecular weight excluding hydrogens is 407 g/mol. The van der Waals surface area contributed by atoms with Gasteiger partial charge >= 0.3 is 0 Å². The van der Waals surface area contributed by atoms with E-state index in [-0.39, 0.29) is 12.3 Å². The summed E-state index contributed by atoms with van der Waals surface area (Å²) >= 11 is 11.8. The highest BCUT2D eigenvalue weighted by molar-refractivity contribution is 7.88. The molecule has 0 unspecified atom stereocenters. The zero-order valence-electron chi connectivity index (χ0n) is 14.8. The number of aromatic nitrogens is 3. The standard InChI is InChI=1S/C18H18Cl2N4O2S/c1-12-7-13(2)24(23-12)18-6-4-15(9-21-18)10-22-27(25,26)11-14-3-5-16(19)17(20)8-14/h3-9,22H,10-11H2,1-2H3. The number of aryl methyl sites for hydroxylation is 2. The molecule has 0 aliphatic rings. The second-order valence-electron chi connectivity index (χ2n) is 6.19. The van der Waals surface area contributed by atoms with E-state index in [1.54, 1.807) is 29.1 Å². The fraction of sp³-hybridized carbons (Fsp3) is 0.222. The zero-order valence-corrected chi connectivity index (χ0v) is 17.1. The van der Waals surface area contributed by atoms with E-state index in [0.717, 1.165) is 17.0 Å². The van der Waals surface area contributed by atoms with Gasteiger partial charge in [-0.3, -0.25) is 0 Å². The molecular formula is C18H18Cl2N4O2S. The normalized spacial score (nSPS) is 11.7. The van der Waals surface area contributed by atoms with Crippen molar-refractivity contribution < 1.29 is 8.42 Å². The van der Waals surface area contributed by atoms with E-state index in [1.165, 1.54) is 0 Å². The summed E-state index contributed by atoms with van der Waals surface area (Å²) in [4.78, 5) is 4.36. The van der Waals surface area contributed by atoms with Gasteiger partial charge in [0.05, 0.1) is 21.5 Å². The lowest BCUT2D eigenvalue weighted by molar-refractivity contribution is 0.580. The lowest BCUT2D eigenvalue weighted by Gasteiger charge is -2.09. The minimum absolute atomic E-state index is 0.147. The Bertz CT molecular complexity index is 1060. The number of sulfonamides is 1. The predicted molar refractivity (Wildman–Crippen MR) is 107 cm³/mol. The van der Waals surface area contributed by atoms with Gasteiger partial charge in [-0.15, -0.1) is 0 Å². The fourth-order valence-electron chi connectivity index (χ4n) is 2.60. The quantitative estimate of drug-likeness (QED) is 0.652. The summed E-state index contributed by atoms with van der Waals surface area (Å²) in [5.74, 6) is 0.504. The van der Waals surface area contributed by atoms with E-state index in [9.17, 15) is 8.42 Å². The second-order valence-corrected chi connectivity index (χ2v) is 8.81. The van der Waals surface area contributed by atoms with Crippen molar-refractivity contribution in [1.29, 1.82) is 0 Å². The summed E-state index contributed by atoms with van der Waals surface area (Å²) in [7, 11) is -3.53. The molecule has 0 saturated carbocycles. The number of hydrogen-bond acceptors (Lipinski definition) is 4. The van der Waals surface area contributed by atoms with Gasteiger partial charge in [-0.05, 0) is 49.2 Å². The van der Waals surface area contributed by atoms with Crippen LogP contribution in [-0.4, -0.2) is 23.2 Å². The lowest BCUT2D eigenvalue weighted by atomic mass is 10.2. The number of benzene rings is 1. The van der Waals surface area contributed by atoms with E-state index >= 15 is 0 Å². The number of pyridine rings is 1. The van der Waals surface area contributed by atoms with Crippen molar-refractivity contribution in [3.63, 3.8) is 0 Å². The molecule has 2 aromatic heterocycles. The van der Waals surface area contributed by atoms with Crippen molar-refractivity contribution in [2.75, 3.05) is 0 Å². The van der Waals surface area contributed by atoms with Gasteiger partial charge in [0.25, 0.3) is 0 Å².